The van der Waals surface area contributed by atoms with Gasteiger partial charge in [-0.15, -0.1) is 13.2 Å². The second-order valence-corrected chi connectivity index (χ2v) is 9.03. The minimum atomic E-state index is -4.79. The number of carbonyl (C=O) groups excluding carboxylic acids is 2. The van der Waals surface area contributed by atoms with Crippen molar-refractivity contribution in [1.29, 1.82) is 0 Å². The lowest BCUT2D eigenvalue weighted by atomic mass is 9.84. The Morgan fingerprint density at radius 1 is 1.17 bits per heavy atom. The average Bonchev–Trinajstić information content (AvgIpc) is 3.08. The maximum absolute atomic E-state index is 12.6. The van der Waals surface area contributed by atoms with E-state index in [0.717, 1.165) is 38.8 Å². The van der Waals surface area contributed by atoms with Gasteiger partial charge in [-0.3, -0.25) is 19.2 Å². The van der Waals surface area contributed by atoms with Crippen molar-refractivity contribution in [2.75, 3.05) is 31.6 Å². The molecule has 1 aliphatic heterocycles. The number of aryl methyl sites for hydroxylation is 1. The molecule has 2 fully saturated rings. The van der Waals surface area contributed by atoms with Crippen molar-refractivity contribution in [1.82, 2.24) is 20.0 Å². The van der Waals surface area contributed by atoms with Crippen LogP contribution in [0.15, 0.2) is 18.2 Å². The zero-order valence-corrected chi connectivity index (χ0v) is 19.7. The second kappa shape index (κ2) is 10.3. The van der Waals surface area contributed by atoms with Gasteiger partial charge in [0.2, 0.25) is 5.91 Å². The second-order valence-electron chi connectivity index (χ2n) is 9.03. The number of nitrogens with zero attached hydrogens (tertiary/aromatic N) is 3. The maximum atomic E-state index is 12.6. The van der Waals surface area contributed by atoms with Crippen LogP contribution in [0.4, 0.5) is 19.0 Å². The minimum absolute atomic E-state index is 0.00664. The lowest BCUT2D eigenvalue weighted by Crippen LogP contribution is -2.63. The molecule has 35 heavy (non-hydrogen) atoms. The molecule has 192 valence electrons. The Balaban J connectivity index is 1.23. The van der Waals surface area contributed by atoms with E-state index in [1.54, 1.807) is 7.05 Å². The molecule has 0 unspecified atom stereocenters. The Bertz CT molecular complexity index is 1060. The Morgan fingerprint density at radius 3 is 2.54 bits per heavy atom. The summed E-state index contributed by atoms with van der Waals surface area (Å²) in [6.07, 6.45) is -1.25. The molecule has 9 nitrogen and oxygen atoms in total. The number of carbonyl (C=O) groups is 2. The van der Waals surface area contributed by atoms with Crippen molar-refractivity contribution >= 4 is 28.6 Å². The van der Waals surface area contributed by atoms with Crippen LogP contribution in [0, 0.1) is 5.92 Å². The summed E-state index contributed by atoms with van der Waals surface area (Å²) in [5.41, 5.74) is 0.606. The van der Waals surface area contributed by atoms with Gasteiger partial charge in [-0.1, -0.05) is 0 Å². The molecule has 1 amide bonds. The fourth-order valence-corrected chi connectivity index (χ4v) is 4.85. The zero-order chi connectivity index (χ0) is 25.2. The first-order valence-corrected chi connectivity index (χ1v) is 11.8. The van der Waals surface area contributed by atoms with Crippen LogP contribution in [0.3, 0.4) is 0 Å². The van der Waals surface area contributed by atoms with Gasteiger partial charge in [0.25, 0.3) is 0 Å². The predicted octanol–water partition coefficient (Wildman–Crippen LogP) is 2.81. The average molecular weight is 498 g/mol. The lowest BCUT2D eigenvalue weighted by molar-refractivity contribution is -0.274. The normalized spacial score (nSPS) is 21.4. The Kier molecular flexibility index (Phi) is 7.39. The number of likely N-dealkylation sites (tertiary alicyclic amines) is 1. The molecule has 0 spiro atoms. The van der Waals surface area contributed by atoms with Gasteiger partial charge in [-0.05, 0) is 50.8 Å². The third kappa shape index (κ3) is 6.16. The third-order valence-corrected chi connectivity index (χ3v) is 6.58. The van der Waals surface area contributed by atoms with E-state index < -0.39 is 6.36 Å². The number of hydrogen-bond acceptors (Lipinski definition) is 7. The molecule has 2 N–H and O–H groups in total. The highest BCUT2D eigenvalue weighted by Gasteiger charge is 2.37. The molecule has 2 heterocycles. The summed E-state index contributed by atoms with van der Waals surface area (Å²) in [6.45, 7) is 3.68. The van der Waals surface area contributed by atoms with Crippen molar-refractivity contribution in [3.63, 3.8) is 0 Å². The van der Waals surface area contributed by atoms with Crippen LogP contribution in [0.1, 0.15) is 32.6 Å². The van der Waals surface area contributed by atoms with Crippen molar-refractivity contribution in [2.45, 2.75) is 51.1 Å². The van der Waals surface area contributed by atoms with E-state index in [2.05, 4.69) is 25.4 Å². The first-order chi connectivity index (χ1) is 16.6. The fraction of sp³-hybridized carbons (Fsp3) is 0.609. The quantitative estimate of drug-likeness (QED) is 0.542. The van der Waals surface area contributed by atoms with Gasteiger partial charge in [0.1, 0.15) is 5.75 Å². The summed E-state index contributed by atoms with van der Waals surface area (Å²) < 4.78 is 48.3. The highest BCUT2D eigenvalue weighted by Crippen LogP contribution is 2.31. The summed E-state index contributed by atoms with van der Waals surface area (Å²) in [5, 5.41) is 10.6. The summed E-state index contributed by atoms with van der Waals surface area (Å²) in [7, 11) is 1.67. The number of rotatable bonds is 8. The third-order valence-electron chi connectivity index (χ3n) is 6.58. The number of halogens is 3. The number of amides is 1. The van der Waals surface area contributed by atoms with Gasteiger partial charge in [0.05, 0.1) is 30.6 Å². The van der Waals surface area contributed by atoms with E-state index in [9.17, 15) is 22.8 Å². The number of fused-ring (bicyclic) bond motifs is 1. The smallest absolute Gasteiger partial charge is 0.466 e. The molecule has 1 aromatic heterocycles. The van der Waals surface area contributed by atoms with Crippen LogP contribution in [0.2, 0.25) is 0 Å². The number of ether oxygens (including phenoxy) is 2. The van der Waals surface area contributed by atoms with Crippen molar-refractivity contribution in [2.24, 2.45) is 13.0 Å². The van der Waals surface area contributed by atoms with Gasteiger partial charge < -0.3 is 20.1 Å². The Labute approximate surface area is 200 Å². The summed E-state index contributed by atoms with van der Waals surface area (Å²) >= 11 is 0. The van der Waals surface area contributed by atoms with E-state index in [4.69, 9.17) is 4.74 Å². The van der Waals surface area contributed by atoms with Crippen LogP contribution in [0.25, 0.3) is 10.9 Å². The van der Waals surface area contributed by atoms with Gasteiger partial charge in [-0.25, -0.2) is 0 Å². The first kappa shape index (κ1) is 25.1. The molecule has 4 rings (SSSR count). The minimum Gasteiger partial charge on any atom is -0.466 e. The van der Waals surface area contributed by atoms with Crippen molar-refractivity contribution in [3.8, 4) is 5.75 Å². The van der Waals surface area contributed by atoms with Crippen LogP contribution in [-0.2, 0) is 21.4 Å². The summed E-state index contributed by atoms with van der Waals surface area (Å²) in [4.78, 5) is 26.7. The van der Waals surface area contributed by atoms with Crippen molar-refractivity contribution < 1.29 is 32.2 Å². The molecule has 1 saturated heterocycles. The lowest BCUT2D eigenvalue weighted by Gasteiger charge is -2.46. The molecule has 0 atom stereocenters. The highest BCUT2D eigenvalue weighted by atomic mass is 19.4. The Morgan fingerprint density at radius 2 is 1.89 bits per heavy atom. The SMILES string of the molecule is CCOC(=O)[C@H]1CC[C@@H](N2CC(NC(=O)CNc3nn(C)c4ccc(OC(F)(F)F)cc34)C2)CC1. The number of esters is 1. The number of nitrogens with one attached hydrogen (secondary N) is 2. The van der Waals surface area contributed by atoms with Gasteiger partial charge in [0.15, 0.2) is 5.82 Å². The highest BCUT2D eigenvalue weighted by molar-refractivity contribution is 5.93. The first-order valence-electron chi connectivity index (χ1n) is 11.8. The molecule has 2 aromatic rings. The molecular formula is C23H30F3N5O4. The molecule has 12 heteroatoms. The van der Waals surface area contributed by atoms with Crippen LogP contribution >= 0.6 is 0 Å². The molecule has 1 saturated carbocycles. The van der Waals surface area contributed by atoms with E-state index in [0.29, 0.717) is 29.4 Å². The van der Waals surface area contributed by atoms with Gasteiger partial charge >= 0.3 is 12.3 Å². The topological polar surface area (TPSA) is 97.7 Å². The van der Waals surface area contributed by atoms with Crippen LogP contribution < -0.4 is 15.4 Å². The molecule has 0 bridgehead atoms. The monoisotopic (exact) mass is 497 g/mol. The summed E-state index contributed by atoms with van der Waals surface area (Å²) in [6, 6.07) is 4.41. The maximum Gasteiger partial charge on any atom is 0.573 e. The number of alkyl halides is 3. The molecular weight excluding hydrogens is 467 g/mol. The number of benzene rings is 1. The number of anilines is 1. The van der Waals surface area contributed by atoms with E-state index >= 15 is 0 Å². The summed E-state index contributed by atoms with van der Waals surface area (Å²) in [5.74, 6) is -0.373. The molecule has 0 radical (unpaired) electrons. The van der Waals surface area contributed by atoms with E-state index in [-0.39, 0.29) is 36.1 Å². The van der Waals surface area contributed by atoms with Crippen LogP contribution in [0.5, 0.6) is 5.75 Å². The molecule has 2 aliphatic rings. The predicted molar refractivity (Wildman–Crippen MR) is 122 cm³/mol. The van der Waals surface area contributed by atoms with E-state index in [1.165, 1.54) is 22.9 Å². The standard InChI is InChI=1S/C23H30F3N5O4/c1-3-34-22(33)14-4-6-16(7-5-14)31-12-15(13-31)28-20(32)11-27-21-18-10-17(35-23(24,25)26)8-9-19(18)30(2)29-21/h8-10,14-16H,3-7,11-13H2,1-2H3,(H,27,29)(H,28,32)/t14-,16+. The van der Waals surface area contributed by atoms with Crippen LogP contribution in [-0.4, -0.2) is 71.2 Å². The Hall–Kier alpha value is -3.02. The number of hydrogen-bond donors (Lipinski definition) is 2. The molecule has 1 aliphatic carbocycles. The largest absolute Gasteiger partial charge is 0.573 e. The van der Waals surface area contributed by atoms with E-state index in [1.807, 2.05) is 6.92 Å². The van der Waals surface area contributed by atoms with Crippen molar-refractivity contribution in [3.05, 3.63) is 18.2 Å². The molecule has 1 aromatic carbocycles. The zero-order valence-electron chi connectivity index (χ0n) is 19.7. The van der Waals surface area contributed by atoms with Gasteiger partial charge in [-0.2, -0.15) is 5.10 Å². The number of aromatic nitrogens is 2. The fourth-order valence-electron chi connectivity index (χ4n) is 4.85. The van der Waals surface area contributed by atoms with Gasteiger partial charge in [0, 0.05) is 31.6 Å².